The van der Waals surface area contributed by atoms with Crippen LogP contribution >= 0.6 is 6.60 Å². The molecule has 0 fully saturated rings. The molecule has 0 aliphatic carbocycles. The molecule has 0 aromatic heterocycles. The molecule has 3 aromatic carbocycles. The van der Waals surface area contributed by atoms with Crippen LogP contribution in [-0.4, -0.2) is 12.3 Å². The third-order valence-electron chi connectivity index (χ3n) is 6.86. The third kappa shape index (κ3) is 4.40. The van der Waals surface area contributed by atoms with Gasteiger partial charge in [0.15, 0.2) is 0 Å². The Morgan fingerprint density at radius 1 is 0.433 bits per heavy atom. The molecule has 0 atom stereocenters. The van der Waals surface area contributed by atoms with Gasteiger partial charge in [0.25, 0.3) is 0 Å². The molecule has 160 valence electrons. The molecule has 3 rings (SSSR count). The fourth-order valence-corrected chi connectivity index (χ4v) is 12.7. The Labute approximate surface area is 184 Å². The van der Waals surface area contributed by atoms with Crippen molar-refractivity contribution in [2.75, 3.05) is 12.3 Å². The van der Waals surface area contributed by atoms with E-state index in [0.717, 1.165) is 0 Å². The fraction of sp³-hybridized carbons (Fsp3) is 0.379. The van der Waals surface area contributed by atoms with Crippen molar-refractivity contribution in [1.82, 2.24) is 0 Å². The molecule has 0 heterocycles. The summed E-state index contributed by atoms with van der Waals surface area (Å²) >= 11 is 0. The minimum atomic E-state index is -2.56. The van der Waals surface area contributed by atoms with Crippen molar-refractivity contribution in [2.45, 2.75) is 58.8 Å². The van der Waals surface area contributed by atoms with Crippen LogP contribution in [0, 0.1) is 0 Å². The normalized spacial score (nSPS) is 12.9. The standard InChI is InChI=1S/C29H39P/c1-3-5-6-7-8-18-26-30(25-4-2,27-19-12-9-13-20-27,28-21-14-10-15-22-28)29-23-16-11-17-24-29/h9-17,19-24H,3-8,18,25-26H2,1-2H3. The van der Waals surface area contributed by atoms with Crippen molar-refractivity contribution in [2.24, 2.45) is 0 Å². The Morgan fingerprint density at radius 2 is 0.833 bits per heavy atom. The summed E-state index contributed by atoms with van der Waals surface area (Å²) in [7, 11) is 0. The summed E-state index contributed by atoms with van der Waals surface area (Å²) in [5.41, 5.74) is 0. The summed E-state index contributed by atoms with van der Waals surface area (Å²) in [4.78, 5) is 0. The predicted octanol–water partition coefficient (Wildman–Crippen LogP) is 7.29. The van der Waals surface area contributed by atoms with Gasteiger partial charge in [-0.3, -0.25) is 0 Å². The van der Waals surface area contributed by atoms with E-state index in [9.17, 15) is 0 Å². The first kappa shape index (κ1) is 22.8. The van der Waals surface area contributed by atoms with Crippen molar-refractivity contribution in [3.8, 4) is 0 Å². The summed E-state index contributed by atoms with van der Waals surface area (Å²) in [6.45, 7) is 2.11. The first-order chi connectivity index (χ1) is 14.8. The average Bonchev–Trinajstić information content (AvgIpc) is 2.82. The van der Waals surface area contributed by atoms with E-state index in [2.05, 4.69) is 105 Å². The Morgan fingerprint density at radius 3 is 1.23 bits per heavy atom. The van der Waals surface area contributed by atoms with Crippen molar-refractivity contribution >= 4 is 22.5 Å². The van der Waals surface area contributed by atoms with Crippen LogP contribution in [-0.2, 0) is 0 Å². The molecule has 3 aromatic rings. The molecular weight excluding hydrogens is 379 g/mol. The summed E-state index contributed by atoms with van der Waals surface area (Å²) in [6, 6.07) is 34.5. The van der Waals surface area contributed by atoms with Crippen LogP contribution in [0.1, 0.15) is 58.8 Å². The molecule has 0 aliphatic rings. The first-order valence-electron chi connectivity index (χ1n) is 11.9. The second-order valence-electron chi connectivity index (χ2n) is 8.73. The number of hydrogen-bond donors (Lipinski definition) is 0. The third-order valence-corrected chi connectivity index (χ3v) is 14.2. The predicted molar refractivity (Wildman–Crippen MR) is 139 cm³/mol. The van der Waals surface area contributed by atoms with Gasteiger partial charge in [-0.25, -0.2) is 0 Å². The maximum atomic E-state index is 2.42. The number of benzene rings is 3. The zero-order valence-electron chi connectivity index (χ0n) is 19.0. The van der Waals surface area contributed by atoms with E-state index in [1.165, 1.54) is 57.3 Å². The Kier molecular flexibility index (Phi) is 8.29. The van der Waals surface area contributed by atoms with Gasteiger partial charge >= 0.3 is 185 Å². The van der Waals surface area contributed by atoms with Gasteiger partial charge in [0.05, 0.1) is 0 Å². The van der Waals surface area contributed by atoms with E-state index in [-0.39, 0.29) is 0 Å². The second-order valence-corrected chi connectivity index (χ2v) is 14.2. The van der Waals surface area contributed by atoms with Gasteiger partial charge in [0, 0.05) is 0 Å². The molecule has 0 unspecified atom stereocenters. The van der Waals surface area contributed by atoms with Crippen LogP contribution in [0.2, 0.25) is 0 Å². The first-order valence-corrected chi connectivity index (χ1v) is 14.6. The molecule has 30 heavy (non-hydrogen) atoms. The fourth-order valence-electron chi connectivity index (χ4n) is 5.43. The van der Waals surface area contributed by atoms with Gasteiger partial charge in [-0.15, -0.1) is 0 Å². The zero-order chi connectivity index (χ0) is 21.1. The van der Waals surface area contributed by atoms with Crippen molar-refractivity contribution in [1.29, 1.82) is 0 Å². The van der Waals surface area contributed by atoms with E-state index < -0.39 is 6.60 Å². The molecule has 1 heteroatoms. The summed E-state index contributed by atoms with van der Waals surface area (Å²) in [5, 5.41) is 4.70. The van der Waals surface area contributed by atoms with E-state index in [0.29, 0.717) is 0 Å². The van der Waals surface area contributed by atoms with E-state index in [1.807, 2.05) is 0 Å². The topological polar surface area (TPSA) is 0 Å². The van der Waals surface area contributed by atoms with Gasteiger partial charge in [0.1, 0.15) is 0 Å². The zero-order valence-corrected chi connectivity index (χ0v) is 19.9. The molecular formula is C29H39P. The molecule has 0 spiro atoms. The molecule has 0 N–H and O–H groups in total. The summed E-state index contributed by atoms with van der Waals surface area (Å²) in [5.74, 6) is 0. The molecule has 0 saturated heterocycles. The van der Waals surface area contributed by atoms with Crippen molar-refractivity contribution < 1.29 is 0 Å². The number of rotatable bonds is 12. The summed E-state index contributed by atoms with van der Waals surface area (Å²) in [6.07, 6.45) is 11.8. The molecule has 0 bridgehead atoms. The van der Waals surface area contributed by atoms with Gasteiger partial charge in [-0.1, -0.05) is 0 Å². The van der Waals surface area contributed by atoms with Gasteiger partial charge in [0.2, 0.25) is 0 Å². The number of hydrogen-bond acceptors (Lipinski definition) is 0. The monoisotopic (exact) mass is 418 g/mol. The molecule has 0 nitrogen and oxygen atoms in total. The SMILES string of the molecule is CCCCCCCCP(CCC)(c1ccccc1)(c1ccccc1)c1ccccc1. The molecule has 0 radical (unpaired) electrons. The molecule has 0 aliphatic heterocycles. The molecule has 0 amide bonds. The Bertz CT molecular complexity index is 755. The van der Waals surface area contributed by atoms with Gasteiger partial charge in [-0.2, -0.15) is 0 Å². The van der Waals surface area contributed by atoms with Crippen LogP contribution in [0.3, 0.4) is 0 Å². The van der Waals surface area contributed by atoms with Crippen LogP contribution < -0.4 is 15.9 Å². The number of unbranched alkanes of at least 4 members (excludes halogenated alkanes) is 5. The van der Waals surface area contributed by atoms with E-state index in [1.54, 1.807) is 15.9 Å². The maximum absolute atomic E-state index is 2.56. The minimum absolute atomic E-state index is 1.20. The van der Waals surface area contributed by atoms with Gasteiger partial charge < -0.3 is 0 Å². The summed E-state index contributed by atoms with van der Waals surface area (Å²) < 4.78 is 0. The quantitative estimate of drug-likeness (QED) is 0.214. The van der Waals surface area contributed by atoms with Crippen LogP contribution in [0.5, 0.6) is 0 Å². The van der Waals surface area contributed by atoms with E-state index >= 15 is 0 Å². The van der Waals surface area contributed by atoms with Crippen LogP contribution in [0.4, 0.5) is 0 Å². The van der Waals surface area contributed by atoms with Crippen LogP contribution in [0.15, 0.2) is 91.0 Å². The molecule has 0 saturated carbocycles. The Balaban J connectivity index is 2.18. The van der Waals surface area contributed by atoms with Crippen molar-refractivity contribution in [3.63, 3.8) is 0 Å². The average molecular weight is 419 g/mol. The second kappa shape index (κ2) is 10.9. The van der Waals surface area contributed by atoms with Crippen LogP contribution in [0.25, 0.3) is 0 Å². The van der Waals surface area contributed by atoms with Crippen molar-refractivity contribution in [3.05, 3.63) is 91.0 Å². The van der Waals surface area contributed by atoms with E-state index in [4.69, 9.17) is 0 Å². The Hall–Kier alpha value is -1.91. The van der Waals surface area contributed by atoms with Gasteiger partial charge in [-0.05, 0) is 0 Å².